The summed E-state index contributed by atoms with van der Waals surface area (Å²) >= 11 is 0. The number of carbonyl (C=O) groups is 1. The van der Waals surface area contributed by atoms with Crippen LogP contribution >= 0.6 is 0 Å². The molecule has 1 amide bonds. The van der Waals surface area contributed by atoms with Gasteiger partial charge in [-0.1, -0.05) is 30.3 Å². The molecule has 0 saturated heterocycles. The zero-order valence-corrected chi connectivity index (χ0v) is 16.8. The number of benzene rings is 2. The summed E-state index contributed by atoms with van der Waals surface area (Å²) in [5.74, 6) is 1.15. The van der Waals surface area contributed by atoms with Crippen molar-refractivity contribution >= 4 is 11.6 Å². The molecule has 7 nitrogen and oxygen atoms in total. The summed E-state index contributed by atoms with van der Waals surface area (Å²) in [6.45, 7) is 0. The monoisotopic (exact) mass is 409 g/mol. The first-order chi connectivity index (χ1) is 15.2. The number of para-hydroxylation sites is 1. The molecular weight excluding hydrogens is 390 g/mol. The number of nitrogens with one attached hydrogen (secondary N) is 1. The lowest BCUT2D eigenvalue weighted by Gasteiger charge is -2.09. The van der Waals surface area contributed by atoms with E-state index in [-0.39, 0.29) is 5.91 Å². The van der Waals surface area contributed by atoms with Crippen molar-refractivity contribution < 1.29 is 9.21 Å². The number of aromatic nitrogens is 4. The highest BCUT2D eigenvalue weighted by Gasteiger charge is 2.19. The van der Waals surface area contributed by atoms with Gasteiger partial charge in [-0.2, -0.15) is 5.10 Å². The molecule has 0 fully saturated rings. The molecule has 3 heterocycles. The number of rotatable bonds is 5. The van der Waals surface area contributed by atoms with Crippen LogP contribution in [0, 0.1) is 0 Å². The van der Waals surface area contributed by atoms with Crippen LogP contribution in [0.25, 0.3) is 28.5 Å². The first kappa shape index (κ1) is 18.6. The molecular formula is C24H19N5O2. The number of nitrogens with zero attached hydrogens (tertiary/aromatic N) is 4. The third-order valence-corrected chi connectivity index (χ3v) is 4.92. The number of furan rings is 1. The topological polar surface area (TPSA) is 77.9 Å². The lowest BCUT2D eigenvalue weighted by atomic mass is 10.2. The van der Waals surface area contributed by atoms with Crippen molar-refractivity contribution in [2.24, 2.45) is 7.05 Å². The molecule has 0 aliphatic carbocycles. The molecule has 0 unspecified atom stereocenters. The highest BCUT2D eigenvalue weighted by molar-refractivity contribution is 6.04. The third-order valence-electron chi connectivity index (χ3n) is 4.92. The summed E-state index contributed by atoms with van der Waals surface area (Å²) in [5, 5.41) is 7.59. The van der Waals surface area contributed by atoms with E-state index in [0.717, 1.165) is 17.1 Å². The van der Waals surface area contributed by atoms with Gasteiger partial charge >= 0.3 is 0 Å². The second-order valence-electron chi connectivity index (χ2n) is 7.04. The maximum absolute atomic E-state index is 13.2. The Morgan fingerprint density at radius 3 is 2.61 bits per heavy atom. The van der Waals surface area contributed by atoms with Crippen molar-refractivity contribution in [3.63, 3.8) is 0 Å². The highest BCUT2D eigenvalue weighted by atomic mass is 16.3. The van der Waals surface area contributed by atoms with Gasteiger partial charge in [0.05, 0.1) is 12.0 Å². The van der Waals surface area contributed by atoms with Crippen LogP contribution in [0.2, 0.25) is 0 Å². The summed E-state index contributed by atoms with van der Waals surface area (Å²) in [6, 6.07) is 22.5. The summed E-state index contributed by atoms with van der Waals surface area (Å²) in [4.78, 5) is 17.6. The molecule has 0 bridgehead atoms. The minimum absolute atomic E-state index is 0.272. The van der Waals surface area contributed by atoms with E-state index < -0.39 is 0 Å². The van der Waals surface area contributed by atoms with Crippen molar-refractivity contribution in [2.75, 3.05) is 5.32 Å². The molecule has 0 aliphatic rings. The third kappa shape index (κ3) is 3.64. The van der Waals surface area contributed by atoms with Gasteiger partial charge < -0.3 is 14.3 Å². The van der Waals surface area contributed by atoms with E-state index in [1.807, 2.05) is 78.5 Å². The summed E-state index contributed by atoms with van der Waals surface area (Å²) in [6.07, 6.45) is 5.21. The van der Waals surface area contributed by atoms with Crippen LogP contribution in [0.1, 0.15) is 10.5 Å². The lowest BCUT2D eigenvalue weighted by molar-refractivity contribution is 0.101. The van der Waals surface area contributed by atoms with Gasteiger partial charge in [0.2, 0.25) is 0 Å². The first-order valence-corrected chi connectivity index (χ1v) is 9.77. The van der Waals surface area contributed by atoms with E-state index in [4.69, 9.17) is 4.42 Å². The SMILES string of the molecule is Cn1ccnc1-c1cccc(NC(=O)c2cc(-c3ccco3)nn2-c2ccccc2)c1. The predicted molar refractivity (Wildman–Crippen MR) is 118 cm³/mol. The molecule has 0 aliphatic heterocycles. The fourth-order valence-corrected chi connectivity index (χ4v) is 3.43. The smallest absolute Gasteiger partial charge is 0.274 e. The molecule has 2 aromatic carbocycles. The molecule has 7 heteroatoms. The summed E-state index contributed by atoms with van der Waals surface area (Å²) < 4.78 is 9.03. The molecule has 0 spiro atoms. The Balaban J connectivity index is 1.50. The van der Waals surface area contributed by atoms with E-state index in [0.29, 0.717) is 22.8 Å². The Kier molecular flexibility index (Phi) is 4.68. The van der Waals surface area contributed by atoms with Gasteiger partial charge in [-0.25, -0.2) is 9.67 Å². The Morgan fingerprint density at radius 1 is 1.00 bits per heavy atom. The fourth-order valence-electron chi connectivity index (χ4n) is 3.43. The van der Waals surface area contributed by atoms with Crippen LogP contribution in [0.15, 0.2) is 95.9 Å². The fraction of sp³-hybridized carbons (Fsp3) is 0.0417. The number of anilines is 1. The first-order valence-electron chi connectivity index (χ1n) is 9.77. The number of amides is 1. The van der Waals surface area contributed by atoms with E-state index in [1.165, 1.54) is 0 Å². The van der Waals surface area contributed by atoms with Crippen LogP contribution in [0.5, 0.6) is 0 Å². The predicted octanol–water partition coefficient (Wildman–Crippen LogP) is 4.79. The van der Waals surface area contributed by atoms with Gasteiger partial charge in [-0.3, -0.25) is 4.79 Å². The lowest BCUT2D eigenvalue weighted by Crippen LogP contribution is -2.17. The molecule has 5 aromatic rings. The van der Waals surface area contributed by atoms with Crippen molar-refractivity contribution in [3.05, 3.63) is 97.1 Å². The van der Waals surface area contributed by atoms with Gasteiger partial charge in [-0.15, -0.1) is 0 Å². The van der Waals surface area contributed by atoms with Crippen molar-refractivity contribution in [2.45, 2.75) is 0 Å². The number of carbonyl (C=O) groups excluding carboxylic acids is 1. The van der Waals surface area contributed by atoms with Crippen LogP contribution in [0.4, 0.5) is 5.69 Å². The minimum Gasteiger partial charge on any atom is -0.463 e. The van der Waals surface area contributed by atoms with E-state index in [1.54, 1.807) is 29.3 Å². The molecule has 0 radical (unpaired) electrons. The Bertz CT molecular complexity index is 1330. The average molecular weight is 409 g/mol. The van der Waals surface area contributed by atoms with Gasteiger partial charge in [0, 0.05) is 36.8 Å². The summed E-state index contributed by atoms with van der Waals surface area (Å²) in [5.41, 5.74) is 3.36. The molecule has 3 aromatic heterocycles. The van der Waals surface area contributed by atoms with Gasteiger partial charge in [0.15, 0.2) is 5.76 Å². The molecule has 0 saturated carbocycles. The number of aryl methyl sites for hydroxylation is 1. The normalized spacial score (nSPS) is 10.9. The standard InChI is InChI=1S/C24H19N5O2/c1-28-13-12-25-23(28)17-7-5-8-18(15-17)26-24(30)21-16-20(22-11-6-14-31-22)27-29(21)19-9-3-2-4-10-19/h2-16H,1H3,(H,26,30). The zero-order chi connectivity index (χ0) is 21.2. The van der Waals surface area contributed by atoms with Crippen molar-refractivity contribution in [1.29, 1.82) is 0 Å². The van der Waals surface area contributed by atoms with Crippen LogP contribution in [0.3, 0.4) is 0 Å². The van der Waals surface area contributed by atoms with Crippen LogP contribution in [-0.4, -0.2) is 25.2 Å². The van der Waals surface area contributed by atoms with E-state index >= 15 is 0 Å². The quantitative estimate of drug-likeness (QED) is 0.453. The Labute approximate surface area is 178 Å². The van der Waals surface area contributed by atoms with Crippen LogP contribution in [-0.2, 0) is 7.05 Å². The van der Waals surface area contributed by atoms with Crippen molar-refractivity contribution in [1.82, 2.24) is 19.3 Å². The highest BCUT2D eigenvalue weighted by Crippen LogP contribution is 2.24. The Morgan fingerprint density at radius 2 is 1.87 bits per heavy atom. The van der Waals surface area contributed by atoms with E-state index in [2.05, 4.69) is 15.4 Å². The molecule has 5 rings (SSSR count). The van der Waals surface area contributed by atoms with E-state index in [9.17, 15) is 4.79 Å². The largest absolute Gasteiger partial charge is 0.463 e. The second kappa shape index (κ2) is 7.79. The maximum Gasteiger partial charge on any atom is 0.274 e. The minimum atomic E-state index is -0.272. The zero-order valence-electron chi connectivity index (χ0n) is 16.8. The number of imidazole rings is 1. The van der Waals surface area contributed by atoms with Crippen LogP contribution < -0.4 is 5.32 Å². The second-order valence-corrected chi connectivity index (χ2v) is 7.04. The van der Waals surface area contributed by atoms with Crippen molar-refractivity contribution in [3.8, 4) is 28.5 Å². The van der Waals surface area contributed by atoms with Gasteiger partial charge in [-0.05, 0) is 36.4 Å². The molecule has 31 heavy (non-hydrogen) atoms. The molecule has 152 valence electrons. The molecule has 0 atom stereocenters. The maximum atomic E-state index is 13.2. The number of hydrogen-bond donors (Lipinski definition) is 1. The average Bonchev–Trinajstić information content (AvgIpc) is 3.55. The Hall–Kier alpha value is -4.39. The van der Waals surface area contributed by atoms with Gasteiger partial charge in [0.1, 0.15) is 17.2 Å². The number of hydrogen-bond acceptors (Lipinski definition) is 4. The summed E-state index contributed by atoms with van der Waals surface area (Å²) in [7, 11) is 1.93. The molecule has 1 N–H and O–H groups in total. The van der Waals surface area contributed by atoms with Gasteiger partial charge in [0.25, 0.3) is 5.91 Å².